The Labute approximate surface area is 164 Å². The number of anilines is 1. The van der Waals surface area contributed by atoms with Crippen molar-refractivity contribution < 1.29 is 18.3 Å². The number of rotatable bonds is 6. The predicted molar refractivity (Wildman–Crippen MR) is 109 cm³/mol. The lowest BCUT2D eigenvalue weighted by Gasteiger charge is -2.25. The van der Waals surface area contributed by atoms with E-state index in [0.29, 0.717) is 5.69 Å². The standard InChI is InChI=1S/C22H21NO4S/c1-16-3-7-18(8-4-16)15-23(20-11-9-19(10-12-20)22(24)25)28(26,27)21-13-5-17(2)6-14-21/h3-14H,15H2,1-2H3,(H,24,25). The van der Waals surface area contributed by atoms with Crippen LogP contribution in [0.1, 0.15) is 27.0 Å². The van der Waals surface area contributed by atoms with E-state index in [-0.39, 0.29) is 17.0 Å². The molecule has 0 unspecified atom stereocenters. The minimum atomic E-state index is -3.83. The van der Waals surface area contributed by atoms with Crippen LogP contribution in [0.5, 0.6) is 0 Å². The first kappa shape index (κ1) is 19.6. The number of hydrogen-bond acceptors (Lipinski definition) is 3. The summed E-state index contributed by atoms with van der Waals surface area (Å²) in [7, 11) is -3.83. The largest absolute Gasteiger partial charge is 0.478 e. The number of benzene rings is 3. The van der Waals surface area contributed by atoms with Crippen molar-refractivity contribution >= 4 is 21.7 Å². The first-order chi connectivity index (χ1) is 13.3. The van der Waals surface area contributed by atoms with Gasteiger partial charge in [-0.05, 0) is 55.8 Å². The van der Waals surface area contributed by atoms with Crippen LogP contribution < -0.4 is 4.31 Å². The van der Waals surface area contributed by atoms with E-state index < -0.39 is 16.0 Å². The number of sulfonamides is 1. The Morgan fingerprint density at radius 1 is 0.821 bits per heavy atom. The molecule has 3 rings (SSSR count). The number of carbonyl (C=O) groups is 1. The van der Waals surface area contributed by atoms with Crippen LogP contribution >= 0.6 is 0 Å². The summed E-state index contributed by atoms with van der Waals surface area (Å²) in [5.74, 6) is -1.06. The van der Waals surface area contributed by atoms with Gasteiger partial charge in [-0.25, -0.2) is 13.2 Å². The summed E-state index contributed by atoms with van der Waals surface area (Å²) in [5.41, 5.74) is 3.40. The molecule has 5 nitrogen and oxygen atoms in total. The Balaban J connectivity index is 2.06. The van der Waals surface area contributed by atoms with Crippen molar-refractivity contribution in [1.29, 1.82) is 0 Å². The number of aryl methyl sites for hydroxylation is 2. The van der Waals surface area contributed by atoms with Gasteiger partial charge in [0.15, 0.2) is 0 Å². The smallest absolute Gasteiger partial charge is 0.335 e. The van der Waals surface area contributed by atoms with E-state index in [2.05, 4.69) is 0 Å². The highest BCUT2D eigenvalue weighted by Crippen LogP contribution is 2.27. The molecule has 0 aliphatic carbocycles. The van der Waals surface area contributed by atoms with Gasteiger partial charge in [-0.1, -0.05) is 47.5 Å². The molecular weight excluding hydrogens is 374 g/mol. The summed E-state index contributed by atoms with van der Waals surface area (Å²) in [4.78, 5) is 11.3. The molecule has 0 atom stereocenters. The van der Waals surface area contributed by atoms with Gasteiger partial charge >= 0.3 is 5.97 Å². The van der Waals surface area contributed by atoms with Gasteiger partial charge in [0.2, 0.25) is 0 Å². The average molecular weight is 395 g/mol. The van der Waals surface area contributed by atoms with E-state index in [1.54, 1.807) is 24.3 Å². The van der Waals surface area contributed by atoms with Gasteiger partial charge in [0.05, 0.1) is 22.7 Å². The van der Waals surface area contributed by atoms with Gasteiger partial charge in [0.25, 0.3) is 10.0 Å². The molecule has 1 N–H and O–H groups in total. The highest BCUT2D eigenvalue weighted by Gasteiger charge is 2.25. The summed E-state index contributed by atoms with van der Waals surface area (Å²) < 4.78 is 28.0. The number of carboxylic acids is 1. The molecule has 0 spiro atoms. The third-order valence-electron chi connectivity index (χ3n) is 4.46. The number of aromatic carboxylic acids is 1. The highest BCUT2D eigenvalue weighted by atomic mass is 32.2. The van der Waals surface area contributed by atoms with Gasteiger partial charge < -0.3 is 5.11 Å². The number of nitrogens with zero attached hydrogens (tertiary/aromatic N) is 1. The summed E-state index contributed by atoms with van der Waals surface area (Å²) in [6.45, 7) is 4.00. The van der Waals surface area contributed by atoms with E-state index in [1.807, 2.05) is 38.1 Å². The van der Waals surface area contributed by atoms with E-state index >= 15 is 0 Å². The van der Waals surface area contributed by atoms with Crippen molar-refractivity contribution in [3.63, 3.8) is 0 Å². The molecule has 28 heavy (non-hydrogen) atoms. The monoisotopic (exact) mass is 395 g/mol. The second kappa shape index (κ2) is 7.86. The molecule has 0 aliphatic rings. The maximum absolute atomic E-state index is 13.3. The fraction of sp³-hybridized carbons (Fsp3) is 0.136. The van der Waals surface area contributed by atoms with Crippen molar-refractivity contribution in [3.8, 4) is 0 Å². The first-order valence-electron chi connectivity index (χ1n) is 8.76. The quantitative estimate of drug-likeness (QED) is 0.671. The van der Waals surface area contributed by atoms with Crippen molar-refractivity contribution in [1.82, 2.24) is 0 Å². The molecule has 0 amide bonds. The van der Waals surface area contributed by atoms with Crippen LogP contribution in [-0.2, 0) is 16.6 Å². The Morgan fingerprint density at radius 2 is 1.32 bits per heavy atom. The molecule has 0 heterocycles. The van der Waals surface area contributed by atoms with Crippen molar-refractivity contribution in [2.45, 2.75) is 25.3 Å². The highest BCUT2D eigenvalue weighted by molar-refractivity contribution is 7.92. The van der Waals surface area contributed by atoms with Gasteiger partial charge in [-0.15, -0.1) is 0 Å². The van der Waals surface area contributed by atoms with E-state index in [4.69, 9.17) is 5.11 Å². The molecule has 0 radical (unpaired) electrons. The fourth-order valence-electron chi connectivity index (χ4n) is 2.78. The second-order valence-corrected chi connectivity index (χ2v) is 8.52. The third kappa shape index (κ3) is 4.23. The molecule has 3 aromatic rings. The lowest BCUT2D eigenvalue weighted by Crippen LogP contribution is -2.30. The summed E-state index contributed by atoms with van der Waals surface area (Å²) >= 11 is 0. The van der Waals surface area contributed by atoms with E-state index in [9.17, 15) is 13.2 Å². The van der Waals surface area contributed by atoms with Gasteiger partial charge in [0, 0.05) is 0 Å². The van der Waals surface area contributed by atoms with Gasteiger partial charge in [-0.3, -0.25) is 4.31 Å². The summed E-state index contributed by atoms with van der Waals surface area (Å²) in [5, 5.41) is 9.11. The normalized spacial score (nSPS) is 11.2. The molecule has 0 saturated carbocycles. The SMILES string of the molecule is Cc1ccc(CN(c2ccc(C(=O)O)cc2)S(=O)(=O)c2ccc(C)cc2)cc1. The van der Waals surface area contributed by atoms with E-state index in [1.165, 1.54) is 28.6 Å². The van der Waals surface area contributed by atoms with Crippen LogP contribution in [-0.4, -0.2) is 19.5 Å². The first-order valence-corrected chi connectivity index (χ1v) is 10.2. The van der Waals surface area contributed by atoms with Crippen molar-refractivity contribution in [2.24, 2.45) is 0 Å². The zero-order chi connectivity index (χ0) is 20.3. The average Bonchev–Trinajstić information content (AvgIpc) is 2.68. The Morgan fingerprint density at radius 3 is 1.82 bits per heavy atom. The molecule has 3 aromatic carbocycles. The van der Waals surface area contributed by atoms with Gasteiger partial charge in [0.1, 0.15) is 0 Å². The maximum Gasteiger partial charge on any atom is 0.335 e. The third-order valence-corrected chi connectivity index (χ3v) is 6.25. The minimum absolute atomic E-state index is 0.103. The minimum Gasteiger partial charge on any atom is -0.478 e. The Kier molecular flexibility index (Phi) is 5.51. The lowest BCUT2D eigenvalue weighted by molar-refractivity contribution is 0.0697. The maximum atomic E-state index is 13.3. The van der Waals surface area contributed by atoms with Crippen LogP contribution in [0.15, 0.2) is 77.7 Å². The summed E-state index contributed by atoms with van der Waals surface area (Å²) in [6.07, 6.45) is 0. The molecular formula is C22H21NO4S. The fourth-order valence-corrected chi connectivity index (χ4v) is 4.23. The van der Waals surface area contributed by atoms with Crippen LogP contribution in [0.4, 0.5) is 5.69 Å². The molecule has 144 valence electrons. The van der Waals surface area contributed by atoms with Crippen molar-refractivity contribution in [3.05, 3.63) is 95.1 Å². The number of carboxylic acid groups (broad SMARTS) is 1. The van der Waals surface area contributed by atoms with Gasteiger partial charge in [-0.2, -0.15) is 0 Å². The Bertz CT molecular complexity index is 1070. The van der Waals surface area contributed by atoms with E-state index in [0.717, 1.165) is 16.7 Å². The zero-order valence-electron chi connectivity index (χ0n) is 15.7. The molecule has 0 fully saturated rings. The predicted octanol–water partition coefficient (Wildman–Crippen LogP) is 4.40. The molecule has 6 heteroatoms. The topological polar surface area (TPSA) is 74.7 Å². The molecule has 0 saturated heterocycles. The van der Waals surface area contributed by atoms with Crippen LogP contribution in [0, 0.1) is 13.8 Å². The van der Waals surface area contributed by atoms with Crippen molar-refractivity contribution in [2.75, 3.05) is 4.31 Å². The molecule has 0 bridgehead atoms. The second-order valence-electron chi connectivity index (χ2n) is 6.66. The number of hydrogen-bond donors (Lipinski definition) is 1. The summed E-state index contributed by atoms with van der Waals surface area (Å²) in [6, 6.07) is 20.2. The molecule has 0 aliphatic heterocycles. The lowest BCUT2D eigenvalue weighted by atomic mass is 10.1. The van der Waals surface area contributed by atoms with Crippen LogP contribution in [0.3, 0.4) is 0 Å². The molecule has 0 aromatic heterocycles. The van der Waals surface area contributed by atoms with Crippen LogP contribution in [0.25, 0.3) is 0 Å². The zero-order valence-corrected chi connectivity index (χ0v) is 16.5. The Hall–Kier alpha value is -3.12. The van der Waals surface area contributed by atoms with Crippen LogP contribution in [0.2, 0.25) is 0 Å².